The number of sulfonamides is 1. The third-order valence-corrected chi connectivity index (χ3v) is 4.16. The van der Waals surface area contributed by atoms with E-state index in [0.29, 0.717) is 5.56 Å². The maximum Gasteiger partial charge on any atom is 0.273 e. The van der Waals surface area contributed by atoms with Gasteiger partial charge in [0.15, 0.2) is 0 Å². The molecule has 0 radical (unpaired) electrons. The Kier molecular flexibility index (Phi) is 3.90. The van der Waals surface area contributed by atoms with E-state index in [1.807, 2.05) is 0 Å². The normalized spacial score (nSPS) is 11.1. The fourth-order valence-electron chi connectivity index (χ4n) is 1.69. The molecule has 0 aliphatic carbocycles. The molecule has 0 saturated carbocycles. The molecule has 0 aliphatic rings. The molecule has 1 N–H and O–H groups in total. The number of nitrogens with one attached hydrogen (secondary N) is 1. The van der Waals surface area contributed by atoms with E-state index in [9.17, 15) is 22.9 Å². The van der Waals surface area contributed by atoms with Crippen molar-refractivity contribution < 1.29 is 17.7 Å². The summed E-state index contributed by atoms with van der Waals surface area (Å²) in [6.45, 7) is 1.52. The number of halogens is 1. The van der Waals surface area contributed by atoms with Crippen LogP contribution >= 0.6 is 0 Å². The van der Waals surface area contributed by atoms with E-state index in [1.165, 1.54) is 31.2 Å². The van der Waals surface area contributed by atoms with Crippen LogP contribution < -0.4 is 4.72 Å². The first kappa shape index (κ1) is 14.9. The molecule has 6 nitrogen and oxygen atoms in total. The van der Waals surface area contributed by atoms with E-state index in [4.69, 9.17) is 0 Å². The molecule has 0 fully saturated rings. The van der Waals surface area contributed by atoms with Crippen molar-refractivity contribution in [2.45, 2.75) is 11.8 Å². The van der Waals surface area contributed by atoms with Crippen LogP contribution in [0.15, 0.2) is 47.4 Å². The van der Waals surface area contributed by atoms with Gasteiger partial charge in [0.2, 0.25) is 0 Å². The van der Waals surface area contributed by atoms with Crippen LogP contribution in [0.4, 0.5) is 15.8 Å². The zero-order valence-electron chi connectivity index (χ0n) is 10.9. The van der Waals surface area contributed by atoms with Crippen molar-refractivity contribution in [1.29, 1.82) is 0 Å². The standard InChI is InChI=1S/C13H11FN2O4S/c1-9-2-7-12(8-13(9)16(17)18)21(19,20)15-11-5-3-10(14)4-6-11/h2-8,15H,1H3. The van der Waals surface area contributed by atoms with Crippen LogP contribution in [0.3, 0.4) is 0 Å². The first-order valence-electron chi connectivity index (χ1n) is 5.83. The summed E-state index contributed by atoms with van der Waals surface area (Å²) in [5.41, 5.74) is 0.248. The Morgan fingerprint density at radius 3 is 2.33 bits per heavy atom. The monoisotopic (exact) mass is 310 g/mol. The summed E-state index contributed by atoms with van der Waals surface area (Å²) in [5, 5.41) is 10.8. The van der Waals surface area contributed by atoms with Gasteiger partial charge in [-0.05, 0) is 37.3 Å². The maximum atomic E-state index is 12.8. The molecule has 0 aromatic heterocycles. The Morgan fingerprint density at radius 1 is 1.14 bits per heavy atom. The lowest BCUT2D eigenvalue weighted by molar-refractivity contribution is -0.385. The first-order valence-corrected chi connectivity index (χ1v) is 7.31. The minimum absolute atomic E-state index is 0.166. The van der Waals surface area contributed by atoms with Gasteiger partial charge in [0.25, 0.3) is 15.7 Å². The number of aryl methyl sites for hydroxylation is 1. The Morgan fingerprint density at radius 2 is 1.76 bits per heavy atom. The highest BCUT2D eigenvalue weighted by Crippen LogP contribution is 2.23. The molecular formula is C13H11FN2O4S. The molecule has 0 unspecified atom stereocenters. The van der Waals surface area contributed by atoms with Crippen LogP contribution in [-0.4, -0.2) is 13.3 Å². The molecule has 0 bridgehead atoms. The molecular weight excluding hydrogens is 299 g/mol. The van der Waals surface area contributed by atoms with Crippen LogP contribution in [0.2, 0.25) is 0 Å². The summed E-state index contributed by atoms with van der Waals surface area (Å²) in [5.74, 6) is -0.496. The fourth-order valence-corrected chi connectivity index (χ4v) is 2.76. The van der Waals surface area contributed by atoms with Crippen LogP contribution in [0.5, 0.6) is 0 Å². The second-order valence-electron chi connectivity index (χ2n) is 4.32. The molecule has 8 heteroatoms. The summed E-state index contributed by atoms with van der Waals surface area (Å²) >= 11 is 0. The number of nitro groups is 1. The molecule has 110 valence electrons. The van der Waals surface area contributed by atoms with Crippen LogP contribution in [-0.2, 0) is 10.0 Å². The van der Waals surface area contributed by atoms with E-state index >= 15 is 0 Å². The van der Waals surface area contributed by atoms with Crippen molar-refractivity contribution in [2.24, 2.45) is 0 Å². The summed E-state index contributed by atoms with van der Waals surface area (Å²) < 4.78 is 39.3. The van der Waals surface area contributed by atoms with E-state index < -0.39 is 20.8 Å². The highest BCUT2D eigenvalue weighted by molar-refractivity contribution is 7.92. The van der Waals surface area contributed by atoms with Crippen molar-refractivity contribution >= 4 is 21.4 Å². The van der Waals surface area contributed by atoms with Crippen molar-refractivity contribution in [2.75, 3.05) is 4.72 Å². The summed E-state index contributed by atoms with van der Waals surface area (Å²) in [6, 6.07) is 8.35. The lowest BCUT2D eigenvalue weighted by atomic mass is 10.2. The minimum Gasteiger partial charge on any atom is -0.280 e. The number of hydrogen-bond donors (Lipinski definition) is 1. The topological polar surface area (TPSA) is 89.3 Å². The first-order chi connectivity index (χ1) is 9.79. The number of hydrogen-bond acceptors (Lipinski definition) is 4. The van der Waals surface area contributed by atoms with Gasteiger partial charge in [0.1, 0.15) is 5.82 Å². The quantitative estimate of drug-likeness (QED) is 0.694. The summed E-state index contributed by atoms with van der Waals surface area (Å²) in [7, 11) is -3.98. The van der Waals surface area contributed by atoms with Gasteiger partial charge < -0.3 is 0 Å². The Balaban J connectivity index is 2.38. The Bertz CT molecular complexity index is 788. The second kappa shape index (κ2) is 5.49. The van der Waals surface area contributed by atoms with E-state index in [-0.39, 0.29) is 16.3 Å². The average molecular weight is 310 g/mol. The maximum absolute atomic E-state index is 12.8. The van der Waals surface area contributed by atoms with Gasteiger partial charge in [0, 0.05) is 17.3 Å². The van der Waals surface area contributed by atoms with Gasteiger partial charge in [-0.1, -0.05) is 6.07 Å². The van der Waals surface area contributed by atoms with Crippen molar-refractivity contribution in [1.82, 2.24) is 0 Å². The van der Waals surface area contributed by atoms with Crippen molar-refractivity contribution in [3.05, 3.63) is 64.0 Å². The highest BCUT2D eigenvalue weighted by atomic mass is 32.2. The van der Waals surface area contributed by atoms with E-state index in [2.05, 4.69) is 4.72 Å². The predicted molar refractivity (Wildman–Crippen MR) is 75.0 cm³/mol. The Hall–Kier alpha value is -2.48. The number of nitro benzene ring substituents is 1. The molecule has 0 heterocycles. The molecule has 2 rings (SSSR count). The molecule has 2 aromatic rings. The zero-order valence-corrected chi connectivity index (χ0v) is 11.7. The zero-order chi connectivity index (χ0) is 15.6. The van der Waals surface area contributed by atoms with Gasteiger partial charge in [-0.2, -0.15) is 0 Å². The molecule has 0 saturated heterocycles. The smallest absolute Gasteiger partial charge is 0.273 e. The van der Waals surface area contributed by atoms with Crippen molar-refractivity contribution in [3.63, 3.8) is 0 Å². The predicted octanol–water partition coefficient (Wildman–Crippen LogP) is 2.84. The minimum atomic E-state index is -3.98. The molecule has 0 spiro atoms. The van der Waals surface area contributed by atoms with Crippen LogP contribution in [0.25, 0.3) is 0 Å². The Labute approximate surface area is 120 Å². The van der Waals surface area contributed by atoms with E-state index in [1.54, 1.807) is 0 Å². The second-order valence-corrected chi connectivity index (χ2v) is 6.00. The SMILES string of the molecule is Cc1ccc(S(=O)(=O)Nc2ccc(F)cc2)cc1[N+](=O)[O-]. The lowest BCUT2D eigenvalue weighted by Crippen LogP contribution is -2.13. The number of anilines is 1. The van der Waals surface area contributed by atoms with Gasteiger partial charge in [-0.15, -0.1) is 0 Å². The summed E-state index contributed by atoms with van der Waals surface area (Å²) in [6.07, 6.45) is 0. The van der Waals surface area contributed by atoms with Gasteiger partial charge in [0.05, 0.1) is 9.82 Å². The molecule has 0 amide bonds. The molecule has 0 atom stereocenters. The van der Waals surface area contributed by atoms with Crippen LogP contribution in [0.1, 0.15) is 5.56 Å². The molecule has 2 aromatic carbocycles. The molecule has 0 aliphatic heterocycles. The third-order valence-electron chi connectivity index (χ3n) is 2.78. The van der Waals surface area contributed by atoms with Gasteiger partial charge in [-0.3, -0.25) is 14.8 Å². The van der Waals surface area contributed by atoms with Crippen molar-refractivity contribution in [3.8, 4) is 0 Å². The lowest BCUT2D eigenvalue weighted by Gasteiger charge is -2.08. The van der Waals surface area contributed by atoms with Gasteiger partial charge in [-0.25, -0.2) is 12.8 Å². The summed E-state index contributed by atoms with van der Waals surface area (Å²) in [4.78, 5) is 9.97. The largest absolute Gasteiger partial charge is 0.280 e. The van der Waals surface area contributed by atoms with Crippen LogP contribution in [0, 0.1) is 22.9 Å². The van der Waals surface area contributed by atoms with E-state index in [0.717, 1.165) is 18.2 Å². The van der Waals surface area contributed by atoms with Gasteiger partial charge >= 0.3 is 0 Å². The number of rotatable bonds is 4. The third kappa shape index (κ3) is 3.34. The average Bonchev–Trinajstić information content (AvgIpc) is 2.41. The highest BCUT2D eigenvalue weighted by Gasteiger charge is 2.19. The fraction of sp³-hybridized carbons (Fsp3) is 0.0769. The number of benzene rings is 2. The number of nitrogens with zero attached hydrogens (tertiary/aromatic N) is 1. The molecule has 21 heavy (non-hydrogen) atoms.